The molecular formula is C24H29N5O3S. The third-order valence-corrected chi connectivity index (χ3v) is 6.17. The third kappa shape index (κ3) is 6.58. The van der Waals surface area contributed by atoms with Gasteiger partial charge >= 0.3 is 0 Å². The molecule has 0 radical (unpaired) electrons. The van der Waals surface area contributed by atoms with Crippen molar-refractivity contribution < 1.29 is 14.3 Å². The minimum absolute atomic E-state index is 0.113. The zero-order chi connectivity index (χ0) is 24.0. The highest BCUT2D eigenvalue weighted by Crippen LogP contribution is 2.21. The van der Waals surface area contributed by atoms with E-state index in [-0.39, 0.29) is 30.0 Å². The molecule has 1 aromatic heterocycles. The molecule has 0 saturated heterocycles. The lowest BCUT2D eigenvalue weighted by atomic mass is 10.1. The standard InChI is InChI=1S/C24H29N5O3S/c1-15-6-11-20(16(2)12-15)26-22(31)14-33-24-28-27-23(29(24)4)17(3)25-21(30)13-18-7-9-19(32-5)10-8-18/h6-12,17H,13-14H2,1-5H3,(H,25,30)(H,26,31)/t17-/m1/s1. The Kier molecular flexibility index (Phi) is 8.11. The number of benzene rings is 2. The van der Waals surface area contributed by atoms with Crippen LogP contribution in [0.2, 0.25) is 0 Å². The van der Waals surface area contributed by atoms with Crippen molar-refractivity contribution in [2.45, 2.75) is 38.4 Å². The Hall–Kier alpha value is -3.33. The highest BCUT2D eigenvalue weighted by molar-refractivity contribution is 7.99. The van der Waals surface area contributed by atoms with E-state index < -0.39 is 0 Å². The first-order valence-electron chi connectivity index (χ1n) is 10.6. The van der Waals surface area contributed by atoms with Crippen LogP contribution in [-0.4, -0.2) is 39.4 Å². The van der Waals surface area contributed by atoms with E-state index in [9.17, 15) is 9.59 Å². The first-order chi connectivity index (χ1) is 15.8. The van der Waals surface area contributed by atoms with Crippen LogP contribution in [0.5, 0.6) is 5.75 Å². The van der Waals surface area contributed by atoms with Gasteiger partial charge in [0.05, 0.1) is 25.3 Å². The maximum Gasteiger partial charge on any atom is 0.234 e. The van der Waals surface area contributed by atoms with Crippen molar-refractivity contribution in [3.63, 3.8) is 0 Å². The SMILES string of the molecule is COc1ccc(CC(=O)N[C@H](C)c2nnc(SCC(=O)Nc3ccc(C)cc3C)n2C)cc1. The van der Waals surface area contributed by atoms with Crippen LogP contribution >= 0.6 is 11.8 Å². The summed E-state index contributed by atoms with van der Waals surface area (Å²) >= 11 is 1.30. The van der Waals surface area contributed by atoms with Crippen LogP contribution in [0.3, 0.4) is 0 Å². The van der Waals surface area contributed by atoms with Crippen molar-refractivity contribution in [1.82, 2.24) is 20.1 Å². The van der Waals surface area contributed by atoms with Crippen molar-refractivity contribution >= 4 is 29.3 Å². The number of hydrogen-bond donors (Lipinski definition) is 2. The van der Waals surface area contributed by atoms with E-state index in [4.69, 9.17) is 4.74 Å². The number of aryl methyl sites for hydroxylation is 2. The minimum atomic E-state index is -0.327. The van der Waals surface area contributed by atoms with Crippen LogP contribution in [0.15, 0.2) is 47.6 Å². The fraction of sp³-hybridized carbons (Fsp3) is 0.333. The molecule has 8 nitrogen and oxygen atoms in total. The largest absolute Gasteiger partial charge is 0.497 e. The molecule has 0 aliphatic carbocycles. The second kappa shape index (κ2) is 11.0. The Morgan fingerprint density at radius 1 is 1.09 bits per heavy atom. The van der Waals surface area contributed by atoms with Gasteiger partial charge in [-0.3, -0.25) is 9.59 Å². The van der Waals surface area contributed by atoms with E-state index in [1.54, 1.807) is 11.7 Å². The lowest BCUT2D eigenvalue weighted by Gasteiger charge is -2.14. The number of nitrogens with zero attached hydrogens (tertiary/aromatic N) is 3. The van der Waals surface area contributed by atoms with Crippen molar-refractivity contribution in [2.75, 3.05) is 18.2 Å². The summed E-state index contributed by atoms with van der Waals surface area (Å²) in [5, 5.41) is 14.9. The number of nitrogens with one attached hydrogen (secondary N) is 2. The van der Waals surface area contributed by atoms with Gasteiger partial charge in [0, 0.05) is 12.7 Å². The van der Waals surface area contributed by atoms with Gasteiger partial charge in [0.2, 0.25) is 11.8 Å². The number of hydrogen-bond acceptors (Lipinski definition) is 6. The number of thioether (sulfide) groups is 1. The Labute approximate surface area is 198 Å². The summed E-state index contributed by atoms with van der Waals surface area (Å²) in [4.78, 5) is 24.8. The molecule has 0 fully saturated rings. The van der Waals surface area contributed by atoms with Gasteiger partial charge in [0.1, 0.15) is 5.75 Å². The predicted molar refractivity (Wildman–Crippen MR) is 130 cm³/mol. The molecule has 3 rings (SSSR count). The van der Waals surface area contributed by atoms with E-state index >= 15 is 0 Å². The second-order valence-electron chi connectivity index (χ2n) is 7.87. The maximum atomic E-state index is 12.4. The minimum Gasteiger partial charge on any atom is -0.497 e. The quantitative estimate of drug-likeness (QED) is 0.467. The third-order valence-electron chi connectivity index (χ3n) is 5.15. The molecule has 2 aromatic carbocycles. The average molecular weight is 468 g/mol. The molecule has 3 aromatic rings. The molecular weight excluding hydrogens is 438 g/mol. The normalized spacial score (nSPS) is 11.7. The highest BCUT2D eigenvalue weighted by atomic mass is 32.2. The van der Waals surface area contributed by atoms with Crippen molar-refractivity contribution in [3.05, 3.63) is 65.0 Å². The molecule has 1 atom stereocenters. The van der Waals surface area contributed by atoms with Crippen LogP contribution in [0.25, 0.3) is 0 Å². The van der Waals surface area contributed by atoms with Crippen LogP contribution in [0.4, 0.5) is 5.69 Å². The number of methoxy groups -OCH3 is 1. The van der Waals surface area contributed by atoms with Crippen LogP contribution in [-0.2, 0) is 23.1 Å². The number of aromatic nitrogens is 3. The summed E-state index contributed by atoms with van der Waals surface area (Å²) in [5.74, 6) is 1.35. The molecule has 0 bridgehead atoms. The van der Waals surface area contributed by atoms with Crippen molar-refractivity contribution in [1.29, 1.82) is 0 Å². The zero-order valence-corrected chi connectivity index (χ0v) is 20.3. The van der Waals surface area contributed by atoms with Gasteiger partial charge in [-0.1, -0.05) is 41.6 Å². The summed E-state index contributed by atoms with van der Waals surface area (Å²) in [7, 11) is 3.43. The van der Waals surface area contributed by atoms with Gasteiger partial charge < -0.3 is 19.9 Å². The van der Waals surface area contributed by atoms with E-state index in [2.05, 4.69) is 20.8 Å². The lowest BCUT2D eigenvalue weighted by Crippen LogP contribution is -2.29. The summed E-state index contributed by atoms with van der Waals surface area (Å²) < 4.78 is 6.94. The number of carbonyl (C=O) groups is 2. The maximum absolute atomic E-state index is 12.4. The summed E-state index contributed by atoms with van der Waals surface area (Å²) in [6.45, 7) is 5.84. The molecule has 0 aliphatic rings. The van der Waals surface area contributed by atoms with Gasteiger partial charge in [0.15, 0.2) is 11.0 Å². The van der Waals surface area contributed by atoms with Gasteiger partial charge in [-0.15, -0.1) is 10.2 Å². The van der Waals surface area contributed by atoms with Crippen LogP contribution in [0.1, 0.15) is 35.5 Å². The number of amides is 2. The Bertz CT molecular complexity index is 1130. The first kappa shape index (κ1) is 24.3. The summed E-state index contributed by atoms with van der Waals surface area (Å²) in [6.07, 6.45) is 0.256. The molecule has 174 valence electrons. The zero-order valence-electron chi connectivity index (χ0n) is 19.5. The summed E-state index contributed by atoms with van der Waals surface area (Å²) in [6, 6.07) is 13.0. The van der Waals surface area contributed by atoms with Crippen molar-refractivity contribution in [2.24, 2.45) is 7.05 Å². The van der Waals surface area contributed by atoms with Gasteiger partial charge in [-0.2, -0.15) is 0 Å². The molecule has 9 heteroatoms. The topological polar surface area (TPSA) is 98.1 Å². The number of rotatable bonds is 9. The number of anilines is 1. The fourth-order valence-electron chi connectivity index (χ4n) is 3.39. The molecule has 0 aliphatic heterocycles. The molecule has 1 heterocycles. The molecule has 33 heavy (non-hydrogen) atoms. The Balaban J connectivity index is 1.53. The number of carbonyl (C=O) groups excluding carboxylic acids is 2. The molecule has 2 amide bonds. The average Bonchev–Trinajstić information content (AvgIpc) is 3.15. The van der Waals surface area contributed by atoms with Gasteiger partial charge in [-0.05, 0) is 50.1 Å². The van der Waals surface area contributed by atoms with Gasteiger partial charge in [0.25, 0.3) is 0 Å². The summed E-state index contributed by atoms with van der Waals surface area (Å²) in [5.41, 5.74) is 3.87. The van der Waals surface area contributed by atoms with Gasteiger partial charge in [-0.25, -0.2) is 0 Å². The van der Waals surface area contributed by atoms with Crippen LogP contribution < -0.4 is 15.4 Å². The predicted octanol–water partition coefficient (Wildman–Crippen LogP) is 3.59. The Morgan fingerprint density at radius 3 is 2.48 bits per heavy atom. The van der Waals surface area contributed by atoms with E-state index in [0.29, 0.717) is 11.0 Å². The second-order valence-corrected chi connectivity index (χ2v) is 8.81. The fourth-order valence-corrected chi connectivity index (χ4v) is 4.10. The van der Waals surface area contributed by atoms with E-state index in [1.165, 1.54) is 11.8 Å². The van der Waals surface area contributed by atoms with E-state index in [0.717, 1.165) is 28.1 Å². The smallest absolute Gasteiger partial charge is 0.234 e. The first-order valence-corrected chi connectivity index (χ1v) is 11.6. The Morgan fingerprint density at radius 2 is 1.82 bits per heavy atom. The molecule has 0 spiro atoms. The monoisotopic (exact) mass is 467 g/mol. The number of ether oxygens (including phenoxy) is 1. The molecule has 0 unspecified atom stereocenters. The highest BCUT2D eigenvalue weighted by Gasteiger charge is 2.18. The van der Waals surface area contributed by atoms with E-state index in [1.807, 2.05) is 70.3 Å². The molecule has 0 saturated carbocycles. The van der Waals surface area contributed by atoms with Crippen LogP contribution in [0, 0.1) is 13.8 Å². The lowest BCUT2D eigenvalue weighted by molar-refractivity contribution is -0.121. The van der Waals surface area contributed by atoms with Crippen molar-refractivity contribution in [3.8, 4) is 5.75 Å². The molecule has 2 N–H and O–H groups in total.